The molecule has 0 aliphatic carbocycles. The van der Waals surface area contributed by atoms with E-state index in [1.807, 2.05) is 13.0 Å². The molecule has 11 heteroatoms. The van der Waals surface area contributed by atoms with Crippen molar-refractivity contribution in [3.63, 3.8) is 0 Å². The van der Waals surface area contributed by atoms with Gasteiger partial charge >= 0.3 is 6.03 Å². The fourth-order valence-corrected chi connectivity index (χ4v) is 3.39. The van der Waals surface area contributed by atoms with Crippen LogP contribution in [0.4, 0.5) is 10.5 Å². The van der Waals surface area contributed by atoms with E-state index in [9.17, 15) is 14.4 Å². The van der Waals surface area contributed by atoms with Crippen LogP contribution < -0.4 is 26.6 Å². The maximum atomic E-state index is 12.3. The standard InChI is InChI=1S/C21H32N8O3.3H2/c1-5-25-21(32)27-18(22)12-15(19(30)23-3)13-28-8-10-29(11-9-28)17-7-6-16(20(31)24-4)26-14(17)2;;;/h6-7,12H,5,8-11,13H2,1-4H3,(H,23,30)(H,24,31)(H3,22,25,27,32);3*1H/b15-12-;;;. The number of carbonyl (C=O) groups excluding carboxylic acids is 3. The van der Waals surface area contributed by atoms with Gasteiger partial charge in [-0.3, -0.25) is 14.5 Å². The van der Waals surface area contributed by atoms with Crippen molar-refractivity contribution in [1.29, 1.82) is 0 Å². The zero-order chi connectivity index (χ0) is 23.7. The molecule has 1 aliphatic rings. The van der Waals surface area contributed by atoms with Crippen molar-refractivity contribution in [2.45, 2.75) is 13.8 Å². The minimum atomic E-state index is -0.544. The molecule has 2 heterocycles. The Bertz CT molecular complexity index is 919. The lowest BCUT2D eigenvalue weighted by Crippen LogP contribution is -2.48. The number of amides is 4. The van der Waals surface area contributed by atoms with E-state index in [1.165, 1.54) is 6.08 Å². The Morgan fingerprint density at radius 3 is 2.44 bits per heavy atom. The first-order chi connectivity index (χ1) is 15.3. The molecule has 0 saturated carbocycles. The van der Waals surface area contributed by atoms with E-state index in [4.69, 9.17) is 5.73 Å². The summed E-state index contributed by atoms with van der Waals surface area (Å²) in [5, 5.41) is 7.71. The third-order valence-electron chi connectivity index (χ3n) is 5.02. The van der Waals surface area contributed by atoms with E-state index in [2.05, 4.69) is 35.7 Å². The van der Waals surface area contributed by atoms with Crippen molar-refractivity contribution in [2.24, 2.45) is 10.7 Å². The molecule has 180 valence electrons. The highest BCUT2D eigenvalue weighted by Gasteiger charge is 2.22. The van der Waals surface area contributed by atoms with Crippen LogP contribution in [-0.2, 0) is 4.79 Å². The highest BCUT2D eigenvalue weighted by Crippen LogP contribution is 2.21. The molecule has 0 unspecified atom stereocenters. The lowest BCUT2D eigenvalue weighted by Gasteiger charge is -2.36. The van der Waals surface area contributed by atoms with Crippen LogP contribution in [0.25, 0.3) is 0 Å². The molecule has 0 aromatic carbocycles. The minimum absolute atomic E-state index is 0. The lowest BCUT2D eigenvalue weighted by molar-refractivity contribution is -0.117. The molecule has 4 amide bonds. The monoisotopic (exact) mass is 450 g/mol. The molecule has 1 aliphatic heterocycles. The summed E-state index contributed by atoms with van der Waals surface area (Å²) in [4.78, 5) is 48.1. The number of aliphatic imine (C=N–C) groups is 1. The molecular formula is C21H38N8O3. The minimum Gasteiger partial charge on any atom is -0.384 e. The number of nitrogens with zero attached hydrogens (tertiary/aromatic N) is 4. The number of aromatic nitrogens is 1. The van der Waals surface area contributed by atoms with E-state index in [-0.39, 0.29) is 21.9 Å². The molecule has 32 heavy (non-hydrogen) atoms. The van der Waals surface area contributed by atoms with Gasteiger partial charge in [0.15, 0.2) is 0 Å². The van der Waals surface area contributed by atoms with Crippen LogP contribution in [0.1, 0.15) is 27.4 Å². The quantitative estimate of drug-likeness (QED) is 0.267. The van der Waals surface area contributed by atoms with Crippen LogP contribution in [0.3, 0.4) is 0 Å². The van der Waals surface area contributed by atoms with E-state index < -0.39 is 6.03 Å². The number of pyridine rings is 1. The maximum Gasteiger partial charge on any atom is 0.342 e. The number of likely N-dealkylation sites (N-methyl/N-ethyl adjacent to an activating group) is 1. The average Bonchev–Trinajstić information content (AvgIpc) is 2.78. The van der Waals surface area contributed by atoms with Gasteiger partial charge in [-0.2, -0.15) is 4.99 Å². The second-order valence-electron chi connectivity index (χ2n) is 7.26. The summed E-state index contributed by atoms with van der Waals surface area (Å²) < 4.78 is 0. The van der Waals surface area contributed by atoms with Gasteiger partial charge in [-0.1, -0.05) is 0 Å². The predicted octanol–water partition coefficient (Wildman–Crippen LogP) is 0.369. The summed E-state index contributed by atoms with van der Waals surface area (Å²) >= 11 is 0. The summed E-state index contributed by atoms with van der Waals surface area (Å²) in [7, 11) is 3.12. The van der Waals surface area contributed by atoms with Crippen LogP contribution in [-0.4, -0.2) is 86.9 Å². The Kier molecular flexibility index (Phi) is 9.14. The highest BCUT2D eigenvalue weighted by atomic mass is 16.2. The van der Waals surface area contributed by atoms with E-state index >= 15 is 0 Å². The largest absolute Gasteiger partial charge is 0.384 e. The third-order valence-corrected chi connectivity index (χ3v) is 5.02. The fourth-order valence-electron chi connectivity index (χ4n) is 3.39. The lowest BCUT2D eigenvalue weighted by atomic mass is 10.1. The molecule has 1 fully saturated rings. The SMILES string of the molecule is CCNC(=O)/N=C(N)/C=C(/CN1CCN(c2ccc(C(=O)NC)nc2C)CC1)C(=O)NC.[HH].[HH].[HH]. The summed E-state index contributed by atoms with van der Waals surface area (Å²) in [6.45, 7) is 7.41. The number of carbonyl (C=O) groups is 3. The molecule has 1 aromatic heterocycles. The zero-order valence-electron chi connectivity index (χ0n) is 19.1. The predicted molar refractivity (Wildman–Crippen MR) is 130 cm³/mol. The maximum absolute atomic E-state index is 12.3. The Balaban J connectivity index is 0. The molecular weight excluding hydrogens is 412 g/mol. The molecule has 5 N–H and O–H groups in total. The molecule has 0 radical (unpaired) electrons. The normalized spacial score (nSPS) is 15.3. The molecule has 0 atom stereocenters. The number of piperazine rings is 1. The van der Waals surface area contributed by atoms with E-state index in [1.54, 1.807) is 27.1 Å². The number of anilines is 1. The first-order valence-corrected chi connectivity index (χ1v) is 10.5. The number of urea groups is 1. The van der Waals surface area contributed by atoms with Gasteiger partial charge in [0, 0.05) is 63.2 Å². The Hall–Kier alpha value is -3.47. The third kappa shape index (κ3) is 6.77. The topological polar surface area (TPSA) is 145 Å². The van der Waals surface area contributed by atoms with Gasteiger partial charge in [-0.25, -0.2) is 9.78 Å². The number of rotatable bonds is 7. The first-order valence-electron chi connectivity index (χ1n) is 10.5. The van der Waals surface area contributed by atoms with Crippen molar-refractivity contribution in [1.82, 2.24) is 25.8 Å². The van der Waals surface area contributed by atoms with Crippen molar-refractivity contribution in [3.8, 4) is 0 Å². The van der Waals surface area contributed by atoms with E-state index in [0.717, 1.165) is 37.6 Å². The van der Waals surface area contributed by atoms with Gasteiger partial charge < -0.3 is 26.6 Å². The fraction of sp³-hybridized carbons (Fsp3) is 0.476. The van der Waals surface area contributed by atoms with Gasteiger partial charge in [0.05, 0.1) is 11.4 Å². The van der Waals surface area contributed by atoms with Gasteiger partial charge in [-0.05, 0) is 32.1 Å². The summed E-state index contributed by atoms with van der Waals surface area (Å²) in [5.41, 5.74) is 8.43. The summed E-state index contributed by atoms with van der Waals surface area (Å²) in [6, 6.07) is 3.09. The molecule has 1 saturated heterocycles. The Morgan fingerprint density at radius 2 is 1.88 bits per heavy atom. The smallest absolute Gasteiger partial charge is 0.342 e. The van der Waals surface area contributed by atoms with Gasteiger partial charge in [0.25, 0.3) is 5.91 Å². The number of nitrogens with one attached hydrogen (secondary N) is 3. The van der Waals surface area contributed by atoms with E-state index in [0.29, 0.717) is 24.4 Å². The highest BCUT2D eigenvalue weighted by molar-refractivity contribution is 6.05. The van der Waals surface area contributed by atoms with Crippen molar-refractivity contribution < 1.29 is 18.7 Å². The summed E-state index contributed by atoms with van der Waals surface area (Å²) in [5.74, 6) is -0.509. The Morgan fingerprint density at radius 1 is 1.19 bits per heavy atom. The molecule has 2 rings (SSSR count). The second-order valence-corrected chi connectivity index (χ2v) is 7.26. The van der Waals surface area contributed by atoms with Gasteiger partial charge in [-0.15, -0.1) is 0 Å². The van der Waals surface area contributed by atoms with Gasteiger partial charge in [0.2, 0.25) is 5.91 Å². The zero-order valence-corrected chi connectivity index (χ0v) is 19.1. The Labute approximate surface area is 192 Å². The number of hydrogen-bond donors (Lipinski definition) is 4. The van der Waals surface area contributed by atoms with Crippen molar-refractivity contribution in [2.75, 3.05) is 58.3 Å². The molecule has 0 bridgehead atoms. The van der Waals surface area contributed by atoms with Crippen molar-refractivity contribution >= 4 is 29.4 Å². The van der Waals surface area contributed by atoms with Crippen LogP contribution in [0, 0.1) is 6.92 Å². The molecule has 1 aromatic rings. The van der Waals surface area contributed by atoms with Crippen LogP contribution in [0.5, 0.6) is 0 Å². The van der Waals surface area contributed by atoms with Crippen LogP contribution >= 0.6 is 0 Å². The number of aryl methyl sites for hydroxylation is 1. The van der Waals surface area contributed by atoms with Crippen LogP contribution in [0.15, 0.2) is 28.8 Å². The van der Waals surface area contributed by atoms with Crippen LogP contribution in [0.2, 0.25) is 0 Å². The number of nitrogens with two attached hydrogens (primary N) is 1. The number of amidine groups is 1. The number of hydrogen-bond acceptors (Lipinski definition) is 6. The van der Waals surface area contributed by atoms with Gasteiger partial charge in [0.1, 0.15) is 11.5 Å². The molecule has 11 nitrogen and oxygen atoms in total. The van der Waals surface area contributed by atoms with Crippen molar-refractivity contribution in [3.05, 3.63) is 35.2 Å². The second kappa shape index (κ2) is 11.8. The first kappa shape index (κ1) is 24.8. The average molecular weight is 451 g/mol. The molecule has 0 spiro atoms. The summed E-state index contributed by atoms with van der Waals surface area (Å²) in [6.07, 6.45) is 1.44.